The molecule has 0 aliphatic heterocycles. The van der Waals surface area contributed by atoms with E-state index in [9.17, 15) is 4.79 Å². The van der Waals surface area contributed by atoms with Gasteiger partial charge in [0.1, 0.15) is 19.0 Å². The highest BCUT2D eigenvalue weighted by Crippen LogP contribution is 2.15. The smallest absolute Gasteiger partial charge is 0.153 e. The van der Waals surface area contributed by atoms with Gasteiger partial charge in [-0.25, -0.2) is 0 Å². The van der Waals surface area contributed by atoms with Crippen molar-refractivity contribution in [3.8, 4) is 18.1 Å². The number of carbonyl (C=O) groups is 1. The molecule has 0 radical (unpaired) electrons. The molecule has 0 N–H and O–H groups in total. The van der Waals surface area contributed by atoms with Crippen LogP contribution < -0.4 is 4.74 Å². The third-order valence-corrected chi connectivity index (χ3v) is 3.58. The minimum absolute atomic E-state index is 0.307. The summed E-state index contributed by atoms with van der Waals surface area (Å²) in [5, 5.41) is 0. The van der Waals surface area contributed by atoms with Crippen LogP contribution in [0.1, 0.15) is 10.4 Å². The fraction of sp³-hybridized carbons (Fsp3) is 0.591. The minimum atomic E-state index is 0.307. The lowest BCUT2D eigenvalue weighted by Gasteiger charge is -2.09. The van der Waals surface area contributed by atoms with Gasteiger partial charge in [0.05, 0.1) is 78.2 Å². The van der Waals surface area contributed by atoms with Crippen LogP contribution in [0.4, 0.5) is 0 Å². The van der Waals surface area contributed by atoms with Crippen molar-refractivity contribution in [3.05, 3.63) is 29.8 Å². The van der Waals surface area contributed by atoms with Crippen LogP contribution in [0, 0.1) is 12.3 Å². The van der Waals surface area contributed by atoms with Crippen molar-refractivity contribution >= 4 is 6.29 Å². The second kappa shape index (κ2) is 20.3. The molecule has 0 bridgehead atoms. The Morgan fingerprint density at radius 2 is 1.10 bits per heavy atom. The molecule has 1 rings (SSSR count). The molecule has 0 saturated heterocycles. The summed E-state index contributed by atoms with van der Waals surface area (Å²) in [6, 6.07) is 7.08. The first-order valence-corrected chi connectivity index (χ1v) is 9.95. The normalized spacial score (nSPS) is 10.6. The van der Waals surface area contributed by atoms with Gasteiger partial charge in [0, 0.05) is 0 Å². The number of hydrogen-bond donors (Lipinski definition) is 0. The van der Waals surface area contributed by atoms with Gasteiger partial charge in [-0.3, -0.25) is 4.79 Å². The van der Waals surface area contributed by atoms with E-state index in [4.69, 9.17) is 39.6 Å². The predicted molar refractivity (Wildman–Crippen MR) is 111 cm³/mol. The second-order valence-electron chi connectivity index (χ2n) is 5.82. The van der Waals surface area contributed by atoms with Crippen LogP contribution in [0.25, 0.3) is 0 Å². The van der Waals surface area contributed by atoms with Crippen LogP contribution in [0.2, 0.25) is 0 Å². The van der Waals surface area contributed by atoms with Crippen LogP contribution in [0.15, 0.2) is 24.3 Å². The van der Waals surface area contributed by atoms with Crippen LogP contribution in [-0.2, 0) is 28.4 Å². The molecule has 1 aromatic rings. The maximum Gasteiger partial charge on any atom is 0.153 e. The number of ether oxygens (including phenoxy) is 7. The van der Waals surface area contributed by atoms with Crippen molar-refractivity contribution in [1.82, 2.24) is 0 Å². The summed E-state index contributed by atoms with van der Waals surface area (Å²) >= 11 is 0. The number of terminal acetylenes is 1. The molecule has 8 heteroatoms. The van der Waals surface area contributed by atoms with Crippen LogP contribution in [0.5, 0.6) is 5.75 Å². The van der Waals surface area contributed by atoms with E-state index in [1.54, 1.807) is 18.2 Å². The molecule has 0 spiro atoms. The van der Waals surface area contributed by atoms with Crippen LogP contribution >= 0.6 is 0 Å². The highest BCUT2D eigenvalue weighted by molar-refractivity contribution is 5.79. The number of aldehydes is 1. The zero-order valence-electron chi connectivity index (χ0n) is 17.4. The minimum Gasteiger partial charge on any atom is -0.490 e. The third kappa shape index (κ3) is 14.9. The summed E-state index contributed by atoms with van der Waals surface area (Å²) in [5.74, 6) is 2.95. The zero-order valence-corrected chi connectivity index (χ0v) is 17.4. The van der Waals surface area contributed by atoms with Gasteiger partial charge in [-0.15, -0.1) is 6.42 Å². The maximum atomic E-state index is 10.9. The standard InChI is InChI=1S/C22H32O8/c1-2-7-24-8-9-25-10-11-26-12-13-27-14-15-28-16-17-29-18-19-30-22-6-4-3-5-21(22)20-23/h1,3-6,20H,7-19H2. The highest BCUT2D eigenvalue weighted by Gasteiger charge is 2.00. The van der Waals surface area contributed by atoms with E-state index in [-0.39, 0.29) is 0 Å². The van der Waals surface area contributed by atoms with Crippen molar-refractivity contribution in [3.63, 3.8) is 0 Å². The van der Waals surface area contributed by atoms with Gasteiger partial charge in [-0.1, -0.05) is 18.1 Å². The molecule has 0 aliphatic carbocycles. The fourth-order valence-corrected chi connectivity index (χ4v) is 2.15. The summed E-state index contributed by atoms with van der Waals surface area (Å²) in [5.41, 5.74) is 0.529. The van der Waals surface area contributed by atoms with E-state index >= 15 is 0 Å². The molecule has 0 fully saturated rings. The van der Waals surface area contributed by atoms with Gasteiger partial charge in [0.2, 0.25) is 0 Å². The van der Waals surface area contributed by atoms with Crippen molar-refractivity contribution in [2.24, 2.45) is 0 Å². The Balaban J connectivity index is 1.75. The molecule has 8 nitrogen and oxygen atoms in total. The fourth-order valence-electron chi connectivity index (χ4n) is 2.15. The molecule has 0 saturated carbocycles. The SMILES string of the molecule is C#CCOCCOCCOCCOCCOCCOCCOc1ccccc1C=O. The average molecular weight is 424 g/mol. The third-order valence-electron chi connectivity index (χ3n) is 3.58. The first-order valence-electron chi connectivity index (χ1n) is 9.95. The zero-order chi connectivity index (χ0) is 21.5. The lowest BCUT2D eigenvalue weighted by molar-refractivity contribution is -0.0167. The first kappa shape index (κ1) is 26.0. The summed E-state index contributed by atoms with van der Waals surface area (Å²) in [7, 11) is 0. The number of para-hydroxylation sites is 1. The van der Waals surface area contributed by atoms with Crippen molar-refractivity contribution in [2.75, 3.05) is 85.9 Å². The van der Waals surface area contributed by atoms with E-state index < -0.39 is 0 Å². The summed E-state index contributed by atoms with van der Waals surface area (Å²) in [4.78, 5) is 10.9. The Kier molecular flexibility index (Phi) is 17.6. The van der Waals surface area contributed by atoms with E-state index in [0.29, 0.717) is 97.2 Å². The van der Waals surface area contributed by atoms with Gasteiger partial charge in [-0.2, -0.15) is 0 Å². The van der Waals surface area contributed by atoms with Gasteiger partial charge in [-0.05, 0) is 12.1 Å². The summed E-state index contributed by atoms with van der Waals surface area (Å²) in [6.07, 6.45) is 5.83. The van der Waals surface area contributed by atoms with Crippen LogP contribution in [-0.4, -0.2) is 92.2 Å². The molecular formula is C22H32O8. The van der Waals surface area contributed by atoms with Crippen molar-refractivity contribution in [2.45, 2.75) is 0 Å². The molecule has 0 aliphatic rings. The van der Waals surface area contributed by atoms with E-state index in [2.05, 4.69) is 5.92 Å². The number of carbonyl (C=O) groups excluding carboxylic acids is 1. The van der Waals surface area contributed by atoms with E-state index in [1.165, 1.54) is 0 Å². The average Bonchev–Trinajstić information content (AvgIpc) is 2.78. The Hall–Kier alpha value is -1.99. The highest BCUT2D eigenvalue weighted by atomic mass is 16.6. The number of hydrogen-bond acceptors (Lipinski definition) is 8. The predicted octanol–water partition coefficient (Wildman–Crippen LogP) is 1.61. The Morgan fingerprint density at radius 1 is 0.667 bits per heavy atom. The van der Waals surface area contributed by atoms with Crippen LogP contribution in [0.3, 0.4) is 0 Å². The lowest BCUT2D eigenvalue weighted by Crippen LogP contribution is -2.15. The van der Waals surface area contributed by atoms with Gasteiger partial charge < -0.3 is 33.2 Å². The first-order chi connectivity index (χ1) is 14.9. The van der Waals surface area contributed by atoms with Gasteiger partial charge >= 0.3 is 0 Å². The van der Waals surface area contributed by atoms with E-state index in [0.717, 1.165) is 6.29 Å². The topological polar surface area (TPSA) is 81.7 Å². The van der Waals surface area contributed by atoms with Crippen molar-refractivity contribution in [1.29, 1.82) is 0 Å². The molecule has 0 aromatic heterocycles. The Morgan fingerprint density at radius 3 is 1.57 bits per heavy atom. The molecule has 30 heavy (non-hydrogen) atoms. The second-order valence-corrected chi connectivity index (χ2v) is 5.82. The summed E-state index contributed by atoms with van der Waals surface area (Å²) in [6.45, 7) is 6.07. The summed E-state index contributed by atoms with van der Waals surface area (Å²) < 4.78 is 37.5. The lowest BCUT2D eigenvalue weighted by atomic mass is 10.2. The molecule has 168 valence electrons. The molecule has 1 aromatic carbocycles. The Labute approximate surface area is 178 Å². The largest absolute Gasteiger partial charge is 0.490 e. The number of benzene rings is 1. The van der Waals surface area contributed by atoms with Crippen molar-refractivity contribution < 1.29 is 38.0 Å². The number of rotatable bonds is 21. The molecule has 0 atom stereocenters. The molecule has 0 amide bonds. The quantitative estimate of drug-likeness (QED) is 0.167. The molecule has 0 unspecified atom stereocenters. The van der Waals surface area contributed by atoms with Gasteiger partial charge in [0.15, 0.2) is 6.29 Å². The molecular weight excluding hydrogens is 392 g/mol. The van der Waals surface area contributed by atoms with E-state index in [1.807, 2.05) is 6.07 Å². The van der Waals surface area contributed by atoms with Gasteiger partial charge in [0.25, 0.3) is 0 Å². The monoisotopic (exact) mass is 424 g/mol. The molecule has 0 heterocycles. The maximum absolute atomic E-state index is 10.9. The Bertz CT molecular complexity index is 573.